The number of nitrogens with one attached hydrogen (secondary N) is 1. The zero-order valence-corrected chi connectivity index (χ0v) is 12.9. The number of rotatable bonds is 6. The van der Waals surface area contributed by atoms with Crippen LogP contribution in [0.3, 0.4) is 0 Å². The third-order valence-corrected chi connectivity index (χ3v) is 3.94. The number of halogens is 2. The van der Waals surface area contributed by atoms with Crippen molar-refractivity contribution in [3.8, 4) is 0 Å². The minimum Gasteiger partial charge on any atom is -0.393 e. The van der Waals surface area contributed by atoms with Gasteiger partial charge in [0.05, 0.1) is 11.7 Å². The fourth-order valence-corrected chi connectivity index (χ4v) is 2.80. The third-order valence-electron chi connectivity index (χ3n) is 3.94. The first kappa shape index (κ1) is 16.9. The van der Waals surface area contributed by atoms with Gasteiger partial charge in [0.15, 0.2) is 5.69 Å². The van der Waals surface area contributed by atoms with Crippen LogP contribution in [-0.4, -0.2) is 33.4 Å². The van der Waals surface area contributed by atoms with Crippen LogP contribution in [0.1, 0.15) is 55.6 Å². The van der Waals surface area contributed by atoms with Crippen molar-refractivity contribution in [2.45, 2.75) is 52.2 Å². The van der Waals surface area contributed by atoms with Gasteiger partial charge in [-0.05, 0) is 18.8 Å². The van der Waals surface area contributed by atoms with E-state index in [-0.39, 0.29) is 23.1 Å². The quantitative estimate of drug-likeness (QED) is 0.847. The number of carbonyl (C=O) groups excluding carboxylic acids is 1. The number of hydrogen-bond acceptors (Lipinski definition) is 3. The Bertz CT molecular complexity index is 517. The van der Waals surface area contributed by atoms with Crippen molar-refractivity contribution in [3.05, 3.63) is 17.5 Å². The van der Waals surface area contributed by atoms with E-state index in [0.717, 1.165) is 19.3 Å². The van der Waals surface area contributed by atoms with Crippen molar-refractivity contribution in [2.24, 2.45) is 11.8 Å². The second-order valence-corrected chi connectivity index (χ2v) is 6.32. The molecule has 0 bridgehead atoms. The summed E-state index contributed by atoms with van der Waals surface area (Å²) >= 11 is 0. The molecule has 124 valence electrons. The highest BCUT2D eigenvalue weighted by Crippen LogP contribution is 2.25. The van der Waals surface area contributed by atoms with Gasteiger partial charge < -0.3 is 10.4 Å². The molecule has 0 radical (unpaired) electrons. The maximum absolute atomic E-state index is 13.1. The van der Waals surface area contributed by atoms with Gasteiger partial charge in [0.2, 0.25) is 0 Å². The summed E-state index contributed by atoms with van der Waals surface area (Å²) in [6, 6.07) is 0. The number of amides is 1. The van der Waals surface area contributed by atoms with Gasteiger partial charge >= 0.3 is 0 Å². The van der Waals surface area contributed by atoms with Crippen LogP contribution in [0, 0.1) is 11.8 Å². The van der Waals surface area contributed by atoms with Crippen molar-refractivity contribution >= 4 is 5.91 Å². The average molecular weight is 315 g/mol. The molecular weight excluding hydrogens is 292 g/mol. The van der Waals surface area contributed by atoms with E-state index in [9.17, 15) is 18.7 Å². The summed E-state index contributed by atoms with van der Waals surface area (Å²) in [5, 5.41) is 16.4. The van der Waals surface area contributed by atoms with Gasteiger partial charge in [-0.1, -0.05) is 20.3 Å². The third kappa shape index (κ3) is 4.03. The van der Waals surface area contributed by atoms with E-state index < -0.39 is 18.4 Å². The van der Waals surface area contributed by atoms with Gasteiger partial charge in [-0.3, -0.25) is 9.48 Å². The van der Waals surface area contributed by atoms with E-state index in [0.29, 0.717) is 13.1 Å². The zero-order valence-electron chi connectivity index (χ0n) is 12.9. The molecule has 1 aliphatic carbocycles. The lowest BCUT2D eigenvalue weighted by Gasteiger charge is -2.14. The summed E-state index contributed by atoms with van der Waals surface area (Å²) in [4.78, 5) is 12.1. The minimum absolute atomic E-state index is 0.00306. The predicted molar refractivity (Wildman–Crippen MR) is 77.7 cm³/mol. The monoisotopic (exact) mass is 315 g/mol. The Labute approximate surface area is 128 Å². The van der Waals surface area contributed by atoms with Gasteiger partial charge in [-0.2, -0.15) is 5.10 Å². The van der Waals surface area contributed by atoms with Gasteiger partial charge in [-0.25, -0.2) is 8.78 Å². The Morgan fingerprint density at radius 1 is 1.50 bits per heavy atom. The fraction of sp³-hybridized carbons (Fsp3) is 0.733. The molecule has 0 spiro atoms. The number of alkyl halides is 2. The van der Waals surface area contributed by atoms with Crippen molar-refractivity contribution in [3.63, 3.8) is 0 Å². The minimum atomic E-state index is -2.74. The van der Waals surface area contributed by atoms with Crippen LogP contribution >= 0.6 is 0 Å². The smallest absolute Gasteiger partial charge is 0.272 e. The molecule has 1 fully saturated rings. The van der Waals surface area contributed by atoms with Crippen LogP contribution in [0.25, 0.3) is 0 Å². The highest BCUT2D eigenvalue weighted by atomic mass is 19.3. The molecule has 2 unspecified atom stereocenters. The SMILES string of the molecule is CC(C)Cn1cc(C(F)F)c(C(=O)NCC2CCCC2O)n1. The Kier molecular flexibility index (Phi) is 5.50. The van der Waals surface area contributed by atoms with Crippen LogP contribution in [0.15, 0.2) is 6.20 Å². The number of hydrogen-bond donors (Lipinski definition) is 2. The Balaban J connectivity index is 2.05. The number of aliphatic hydroxyl groups excluding tert-OH is 1. The highest BCUT2D eigenvalue weighted by Gasteiger charge is 2.27. The zero-order chi connectivity index (χ0) is 16.3. The molecule has 0 aromatic carbocycles. The molecule has 7 heteroatoms. The molecule has 1 aromatic rings. The summed E-state index contributed by atoms with van der Waals surface area (Å²) in [6.07, 6.45) is 0.570. The van der Waals surface area contributed by atoms with Crippen LogP contribution in [-0.2, 0) is 6.54 Å². The molecule has 2 atom stereocenters. The molecule has 1 heterocycles. The van der Waals surface area contributed by atoms with Crippen LogP contribution in [0.2, 0.25) is 0 Å². The summed E-state index contributed by atoms with van der Waals surface area (Å²) < 4.78 is 27.5. The summed E-state index contributed by atoms with van der Waals surface area (Å²) in [5.74, 6) is -0.358. The first-order chi connectivity index (χ1) is 10.4. The maximum atomic E-state index is 13.1. The molecule has 1 aromatic heterocycles. The standard InChI is InChI=1S/C15H23F2N3O2/c1-9(2)7-20-8-11(14(16)17)13(19-20)15(22)18-6-10-4-3-5-12(10)21/h8-10,12,14,21H,3-7H2,1-2H3,(H,18,22). The normalized spacial score (nSPS) is 21.8. The lowest BCUT2D eigenvalue weighted by atomic mass is 10.1. The molecule has 5 nitrogen and oxygen atoms in total. The Hall–Kier alpha value is -1.50. The van der Waals surface area contributed by atoms with Gasteiger partial charge in [-0.15, -0.1) is 0 Å². The molecule has 1 amide bonds. The summed E-state index contributed by atoms with van der Waals surface area (Å²) in [7, 11) is 0. The number of carbonyl (C=O) groups is 1. The number of nitrogens with zero attached hydrogens (tertiary/aromatic N) is 2. The van der Waals surface area contributed by atoms with Crippen LogP contribution in [0.5, 0.6) is 0 Å². The first-order valence-corrected chi connectivity index (χ1v) is 7.70. The van der Waals surface area contributed by atoms with Crippen molar-refractivity contribution < 1.29 is 18.7 Å². The molecule has 22 heavy (non-hydrogen) atoms. The topological polar surface area (TPSA) is 67.2 Å². The summed E-state index contributed by atoms with van der Waals surface area (Å²) in [5.41, 5.74) is -0.562. The first-order valence-electron chi connectivity index (χ1n) is 7.70. The lowest BCUT2D eigenvalue weighted by Crippen LogP contribution is -2.33. The Morgan fingerprint density at radius 3 is 2.77 bits per heavy atom. The molecule has 2 N–H and O–H groups in total. The largest absolute Gasteiger partial charge is 0.393 e. The maximum Gasteiger partial charge on any atom is 0.272 e. The predicted octanol–water partition coefficient (Wildman–Crippen LogP) is 2.37. The molecule has 1 saturated carbocycles. The van der Waals surface area contributed by atoms with E-state index in [1.165, 1.54) is 10.9 Å². The second kappa shape index (κ2) is 7.17. The molecule has 1 aliphatic rings. The summed E-state index contributed by atoms with van der Waals surface area (Å²) in [6.45, 7) is 4.67. The lowest BCUT2D eigenvalue weighted by molar-refractivity contribution is 0.0899. The van der Waals surface area contributed by atoms with Gasteiger partial charge in [0.25, 0.3) is 12.3 Å². The van der Waals surface area contributed by atoms with Gasteiger partial charge in [0.1, 0.15) is 0 Å². The van der Waals surface area contributed by atoms with E-state index >= 15 is 0 Å². The van der Waals surface area contributed by atoms with E-state index in [4.69, 9.17) is 0 Å². The molecular formula is C15H23F2N3O2. The van der Waals surface area contributed by atoms with Crippen LogP contribution in [0.4, 0.5) is 8.78 Å². The van der Waals surface area contributed by atoms with Crippen molar-refractivity contribution in [1.82, 2.24) is 15.1 Å². The molecule has 0 saturated heterocycles. The Morgan fingerprint density at radius 2 is 2.23 bits per heavy atom. The van der Waals surface area contributed by atoms with E-state index in [1.807, 2.05) is 13.8 Å². The van der Waals surface area contributed by atoms with Gasteiger partial charge in [0, 0.05) is 25.2 Å². The van der Waals surface area contributed by atoms with E-state index in [1.54, 1.807) is 0 Å². The van der Waals surface area contributed by atoms with Crippen molar-refractivity contribution in [1.29, 1.82) is 0 Å². The molecule has 2 rings (SSSR count). The highest BCUT2D eigenvalue weighted by molar-refractivity contribution is 5.93. The van der Waals surface area contributed by atoms with E-state index in [2.05, 4.69) is 10.4 Å². The average Bonchev–Trinajstić information content (AvgIpc) is 3.02. The number of aromatic nitrogens is 2. The molecule has 0 aliphatic heterocycles. The number of aliphatic hydroxyl groups is 1. The second-order valence-electron chi connectivity index (χ2n) is 6.32. The van der Waals surface area contributed by atoms with Crippen LogP contribution < -0.4 is 5.32 Å². The fourth-order valence-electron chi connectivity index (χ4n) is 2.80. The van der Waals surface area contributed by atoms with Crippen molar-refractivity contribution in [2.75, 3.05) is 6.54 Å².